The van der Waals surface area contributed by atoms with Gasteiger partial charge in [0.05, 0.1) is 16.8 Å². The van der Waals surface area contributed by atoms with E-state index >= 15 is 0 Å². The van der Waals surface area contributed by atoms with Crippen LogP contribution in [0.1, 0.15) is 6.42 Å². The molecule has 1 aliphatic rings. The van der Waals surface area contributed by atoms with Crippen LogP contribution in [0, 0.1) is 11.7 Å². The Hall–Kier alpha value is -1.51. The van der Waals surface area contributed by atoms with E-state index in [1.54, 1.807) is 14.1 Å². The zero-order valence-corrected chi connectivity index (χ0v) is 14.7. The van der Waals surface area contributed by atoms with Gasteiger partial charge < -0.3 is 10.0 Å². The largest absolute Gasteiger partial charge is 0.391 e. The molecule has 1 amide bonds. The lowest BCUT2D eigenvalue weighted by Crippen LogP contribution is -2.29. The molecule has 1 fully saturated rings. The van der Waals surface area contributed by atoms with Gasteiger partial charge in [0.25, 0.3) is 0 Å². The molecule has 0 saturated carbocycles. The van der Waals surface area contributed by atoms with Crippen molar-refractivity contribution in [3.8, 4) is 0 Å². The minimum absolute atomic E-state index is 0.0557. The molecule has 1 heterocycles. The lowest BCUT2D eigenvalue weighted by molar-refractivity contribution is -0.130. The Balaban J connectivity index is 1.91. The predicted octanol–water partition coefficient (Wildman–Crippen LogP) is 0.370. The minimum Gasteiger partial charge on any atom is -0.391 e. The molecule has 0 aromatic heterocycles. The van der Waals surface area contributed by atoms with Crippen LogP contribution < -0.4 is 0 Å². The van der Waals surface area contributed by atoms with Gasteiger partial charge in [0, 0.05) is 46.1 Å². The number of likely N-dealkylation sites (tertiary alicyclic amines) is 1. The summed E-state index contributed by atoms with van der Waals surface area (Å²) in [5.41, 5.74) is 0. The first-order valence-corrected chi connectivity index (χ1v) is 9.43. The van der Waals surface area contributed by atoms with Crippen molar-refractivity contribution in [3.05, 3.63) is 30.1 Å². The van der Waals surface area contributed by atoms with Gasteiger partial charge >= 0.3 is 0 Å². The van der Waals surface area contributed by atoms with Gasteiger partial charge in [-0.1, -0.05) is 0 Å². The third-order valence-electron chi connectivity index (χ3n) is 4.27. The molecule has 0 unspecified atom stereocenters. The van der Waals surface area contributed by atoms with Crippen LogP contribution in [0.2, 0.25) is 0 Å². The van der Waals surface area contributed by atoms with Gasteiger partial charge in [0.1, 0.15) is 5.82 Å². The number of nitrogens with zero attached hydrogens (tertiary/aromatic N) is 2. The number of hydrogen-bond donors (Lipinski definition) is 1. The lowest BCUT2D eigenvalue weighted by atomic mass is 10.0. The second-order valence-corrected chi connectivity index (χ2v) is 8.46. The number of rotatable bonds is 6. The van der Waals surface area contributed by atoms with E-state index in [0.717, 1.165) is 12.1 Å². The van der Waals surface area contributed by atoms with E-state index < -0.39 is 21.8 Å². The highest BCUT2D eigenvalue weighted by molar-refractivity contribution is 7.91. The average Bonchev–Trinajstić information content (AvgIpc) is 2.86. The monoisotopic (exact) mass is 358 g/mol. The summed E-state index contributed by atoms with van der Waals surface area (Å²) >= 11 is 0. The smallest absolute Gasteiger partial charge is 0.222 e. The number of halogens is 1. The van der Waals surface area contributed by atoms with E-state index in [1.807, 2.05) is 4.90 Å². The number of aliphatic hydroxyl groups is 1. The zero-order valence-electron chi connectivity index (χ0n) is 13.9. The van der Waals surface area contributed by atoms with E-state index in [-0.39, 0.29) is 35.4 Å². The fraction of sp³-hybridized carbons (Fsp3) is 0.562. The molecule has 2 atom stereocenters. The number of hydrogen-bond acceptors (Lipinski definition) is 5. The molecule has 0 radical (unpaired) electrons. The molecule has 2 rings (SSSR count). The molecule has 1 aromatic rings. The van der Waals surface area contributed by atoms with Crippen molar-refractivity contribution < 1.29 is 22.7 Å². The van der Waals surface area contributed by atoms with Gasteiger partial charge in [-0.15, -0.1) is 0 Å². The first kappa shape index (κ1) is 18.8. The summed E-state index contributed by atoms with van der Waals surface area (Å²) in [6.07, 6.45) is -0.391. The Morgan fingerprint density at radius 3 is 2.50 bits per heavy atom. The molecule has 8 heteroatoms. The number of amides is 1. The van der Waals surface area contributed by atoms with Crippen molar-refractivity contribution in [2.75, 3.05) is 39.5 Å². The highest BCUT2D eigenvalue weighted by Gasteiger charge is 2.33. The van der Waals surface area contributed by atoms with E-state index in [0.29, 0.717) is 13.1 Å². The molecule has 1 N–H and O–H groups in total. The van der Waals surface area contributed by atoms with E-state index in [4.69, 9.17) is 0 Å². The number of carbonyl (C=O) groups is 1. The van der Waals surface area contributed by atoms with Crippen LogP contribution in [0.4, 0.5) is 4.39 Å². The molecular formula is C16H23FN2O4S. The van der Waals surface area contributed by atoms with Gasteiger partial charge in [0.15, 0.2) is 9.84 Å². The van der Waals surface area contributed by atoms with Gasteiger partial charge in [-0.05, 0) is 24.3 Å². The summed E-state index contributed by atoms with van der Waals surface area (Å²) in [6, 6.07) is 4.74. The van der Waals surface area contributed by atoms with Crippen LogP contribution in [0.25, 0.3) is 0 Å². The molecule has 1 aliphatic heterocycles. The molecule has 1 aromatic carbocycles. The molecular weight excluding hydrogens is 335 g/mol. The maximum atomic E-state index is 12.9. The zero-order chi connectivity index (χ0) is 17.9. The van der Waals surface area contributed by atoms with Crippen molar-refractivity contribution in [1.82, 2.24) is 9.80 Å². The molecule has 24 heavy (non-hydrogen) atoms. The second kappa shape index (κ2) is 7.58. The number of aliphatic hydroxyl groups excluding tert-OH is 1. The third kappa shape index (κ3) is 4.75. The van der Waals surface area contributed by atoms with E-state index in [1.165, 1.54) is 17.0 Å². The van der Waals surface area contributed by atoms with Crippen LogP contribution >= 0.6 is 0 Å². The van der Waals surface area contributed by atoms with Crippen LogP contribution in [0.15, 0.2) is 29.2 Å². The molecule has 0 aliphatic carbocycles. The van der Waals surface area contributed by atoms with Crippen LogP contribution in [0.3, 0.4) is 0 Å². The molecule has 0 bridgehead atoms. The normalized spacial score (nSPS) is 21.8. The van der Waals surface area contributed by atoms with Gasteiger partial charge in [0.2, 0.25) is 5.91 Å². The maximum Gasteiger partial charge on any atom is 0.222 e. The highest BCUT2D eigenvalue weighted by Crippen LogP contribution is 2.21. The Morgan fingerprint density at radius 1 is 1.29 bits per heavy atom. The number of carbonyl (C=O) groups excluding carboxylic acids is 1. The standard InChI is InChI=1S/C16H23FN2O4S/c1-18(2)16(21)9-12-10-19(11-15(12)20)7-8-24(22,23)14-5-3-13(17)4-6-14/h3-6,12,15,20H,7-11H2,1-2H3/t12-,15-/m1/s1. The number of sulfone groups is 1. The lowest BCUT2D eigenvalue weighted by Gasteiger charge is -2.17. The number of benzene rings is 1. The van der Waals surface area contributed by atoms with E-state index in [2.05, 4.69) is 0 Å². The fourth-order valence-corrected chi connectivity index (χ4v) is 4.03. The molecule has 0 spiro atoms. The fourth-order valence-electron chi connectivity index (χ4n) is 2.74. The predicted molar refractivity (Wildman–Crippen MR) is 87.7 cm³/mol. The summed E-state index contributed by atoms with van der Waals surface area (Å²) < 4.78 is 37.4. The number of β-amino-alcohol motifs (C(OH)–C–C–N with tert-alkyl or cyclic N) is 1. The summed E-state index contributed by atoms with van der Waals surface area (Å²) in [5, 5.41) is 10.1. The van der Waals surface area contributed by atoms with Crippen LogP contribution in [0.5, 0.6) is 0 Å². The van der Waals surface area contributed by atoms with Crippen molar-refractivity contribution in [1.29, 1.82) is 0 Å². The molecule has 134 valence electrons. The molecule has 6 nitrogen and oxygen atoms in total. The quantitative estimate of drug-likeness (QED) is 0.744. The first-order chi connectivity index (χ1) is 11.2. The Bertz CT molecular complexity index is 676. The van der Waals surface area contributed by atoms with Crippen LogP contribution in [-0.2, 0) is 14.6 Å². The van der Waals surface area contributed by atoms with Crippen molar-refractivity contribution >= 4 is 15.7 Å². The highest BCUT2D eigenvalue weighted by atomic mass is 32.2. The Morgan fingerprint density at radius 2 is 1.92 bits per heavy atom. The van der Waals surface area contributed by atoms with Crippen molar-refractivity contribution in [3.63, 3.8) is 0 Å². The maximum absolute atomic E-state index is 12.9. The third-order valence-corrected chi connectivity index (χ3v) is 5.98. The van der Waals surface area contributed by atoms with Gasteiger partial charge in [-0.3, -0.25) is 9.69 Å². The van der Waals surface area contributed by atoms with Crippen molar-refractivity contribution in [2.24, 2.45) is 5.92 Å². The summed E-state index contributed by atoms with van der Waals surface area (Å²) in [4.78, 5) is 15.2. The Labute approximate surface area is 141 Å². The summed E-state index contributed by atoms with van der Waals surface area (Å²) in [5.74, 6) is -0.835. The second-order valence-electron chi connectivity index (χ2n) is 6.35. The summed E-state index contributed by atoms with van der Waals surface area (Å²) in [6.45, 7) is 1.10. The topological polar surface area (TPSA) is 77.9 Å². The Kier molecular flexibility index (Phi) is 5.95. The summed E-state index contributed by atoms with van der Waals surface area (Å²) in [7, 11) is -0.174. The molecule has 1 saturated heterocycles. The van der Waals surface area contributed by atoms with Crippen LogP contribution in [-0.4, -0.2) is 74.8 Å². The van der Waals surface area contributed by atoms with E-state index in [9.17, 15) is 22.7 Å². The van der Waals surface area contributed by atoms with Crippen molar-refractivity contribution in [2.45, 2.75) is 17.4 Å². The average molecular weight is 358 g/mol. The minimum atomic E-state index is -3.50. The van der Waals surface area contributed by atoms with Gasteiger partial charge in [-0.25, -0.2) is 12.8 Å². The SMILES string of the molecule is CN(C)C(=O)C[C@@H]1CN(CCS(=O)(=O)c2ccc(F)cc2)C[C@H]1O. The van der Waals surface area contributed by atoms with Gasteiger partial charge in [-0.2, -0.15) is 0 Å². The first-order valence-electron chi connectivity index (χ1n) is 7.78.